The fourth-order valence-electron chi connectivity index (χ4n) is 2.20. The third kappa shape index (κ3) is 3.35. The molecule has 5 nitrogen and oxygen atoms in total. The van der Waals surface area contributed by atoms with Gasteiger partial charge in [0.1, 0.15) is 0 Å². The Balaban J connectivity index is 2.19. The van der Waals surface area contributed by atoms with Gasteiger partial charge in [0.05, 0.1) is 31.4 Å². The van der Waals surface area contributed by atoms with Crippen LogP contribution in [0.3, 0.4) is 0 Å². The van der Waals surface area contributed by atoms with Crippen molar-refractivity contribution in [1.29, 1.82) is 0 Å². The number of aromatic nitrogens is 1. The van der Waals surface area contributed by atoms with Crippen LogP contribution in [0.2, 0.25) is 0 Å². The number of rotatable bonds is 2. The van der Waals surface area contributed by atoms with Crippen molar-refractivity contribution in [2.45, 2.75) is 19.4 Å². The van der Waals surface area contributed by atoms with E-state index >= 15 is 0 Å². The quantitative estimate of drug-likeness (QED) is 0.803. The van der Waals surface area contributed by atoms with Crippen LogP contribution in [-0.4, -0.2) is 48.1 Å². The fraction of sp³-hybridized carbons (Fsp3) is 0.467. The predicted octanol–water partition coefficient (Wildman–Crippen LogP) is 0.643. The monoisotopic (exact) mass is 273 g/mol. The molecule has 1 amide bonds. The molecule has 1 aromatic rings. The second-order valence-electron chi connectivity index (χ2n) is 4.60. The SMILES string of the molecule is CCC1COCCN1C(=O)c1cncc(C#CCN)c1. The van der Waals surface area contributed by atoms with Crippen molar-refractivity contribution in [2.75, 3.05) is 26.3 Å². The second-order valence-corrected chi connectivity index (χ2v) is 4.60. The van der Waals surface area contributed by atoms with E-state index in [1.54, 1.807) is 18.5 Å². The lowest BCUT2D eigenvalue weighted by Gasteiger charge is -2.35. The van der Waals surface area contributed by atoms with Crippen molar-refractivity contribution < 1.29 is 9.53 Å². The maximum absolute atomic E-state index is 12.6. The number of carbonyl (C=O) groups is 1. The van der Waals surface area contributed by atoms with Crippen LogP contribution in [0.15, 0.2) is 18.5 Å². The highest BCUT2D eigenvalue weighted by Gasteiger charge is 2.26. The van der Waals surface area contributed by atoms with Gasteiger partial charge in [0, 0.05) is 24.5 Å². The van der Waals surface area contributed by atoms with E-state index in [2.05, 4.69) is 23.7 Å². The minimum absolute atomic E-state index is 0.0101. The van der Waals surface area contributed by atoms with Crippen LogP contribution in [0.1, 0.15) is 29.3 Å². The first kappa shape index (κ1) is 14.5. The molecule has 0 aromatic carbocycles. The summed E-state index contributed by atoms with van der Waals surface area (Å²) >= 11 is 0. The molecule has 1 fully saturated rings. The lowest BCUT2D eigenvalue weighted by Crippen LogP contribution is -2.48. The molecular weight excluding hydrogens is 254 g/mol. The smallest absolute Gasteiger partial charge is 0.255 e. The molecule has 0 aliphatic carbocycles. The molecule has 2 N–H and O–H groups in total. The number of nitrogens with two attached hydrogens (primary N) is 1. The van der Waals surface area contributed by atoms with Gasteiger partial charge < -0.3 is 15.4 Å². The molecule has 1 saturated heterocycles. The van der Waals surface area contributed by atoms with Crippen molar-refractivity contribution in [1.82, 2.24) is 9.88 Å². The summed E-state index contributed by atoms with van der Waals surface area (Å²) in [7, 11) is 0. The molecule has 1 aromatic heterocycles. The van der Waals surface area contributed by atoms with Crippen molar-refractivity contribution in [3.63, 3.8) is 0 Å². The summed E-state index contributed by atoms with van der Waals surface area (Å²) in [6, 6.07) is 1.90. The average molecular weight is 273 g/mol. The summed E-state index contributed by atoms with van der Waals surface area (Å²) < 4.78 is 5.42. The first-order valence-electron chi connectivity index (χ1n) is 6.79. The Kier molecular flexibility index (Phi) is 5.10. The van der Waals surface area contributed by atoms with Gasteiger partial charge in [0.25, 0.3) is 5.91 Å². The molecule has 1 aliphatic heterocycles. The zero-order valence-electron chi connectivity index (χ0n) is 11.6. The van der Waals surface area contributed by atoms with Crippen LogP contribution in [-0.2, 0) is 4.74 Å². The summed E-state index contributed by atoms with van der Waals surface area (Å²) in [4.78, 5) is 18.5. The molecule has 2 heterocycles. The Hall–Kier alpha value is -1.90. The van der Waals surface area contributed by atoms with Crippen molar-refractivity contribution in [2.24, 2.45) is 5.73 Å². The molecule has 106 valence electrons. The molecule has 1 unspecified atom stereocenters. The largest absolute Gasteiger partial charge is 0.377 e. The number of pyridine rings is 1. The number of nitrogens with zero attached hydrogens (tertiary/aromatic N) is 2. The van der Waals surface area contributed by atoms with Gasteiger partial charge in [-0.05, 0) is 12.5 Å². The van der Waals surface area contributed by atoms with Gasteiger partial charge >= 0.3 is 0 Å². The van der Waals surface area contributed by atoms with Crippen LogP contribution >= 0.6 is 0 Å². The van der Waals surface area contributed by atoms with Gasteiger partial charge in [-0.25, -0.2) is 0 Å². The zero-order chi connectivity index (χ0) is 14.4. The number of carbonyl (C=O) groups excluding carboxylic acids is 1. The van der Waals surface area contributed by atoms with E-state index in [9.17, 15) is 4.79 Å². The number of hydrogen-bond acceptors (Lipinski definition) is 4. The number of amides is 1. The second kappa shape index (κ2) is 7.04. The lowest BCUT2D eigenvalue weighted by atomic mass is 10.1. The van der Waals surface area contributed by atoms with Crippen LogP contribution < -0.4 is 5.73 Å². The maximum atomic E-state index is 12.6. The standard InChI is InChI=1S/C15H19N3O2/c1-2-14-11-20-7-6-18(14)15(19)13-8-12(4-3-5-16)9-17-10-13/h8-10,14H,2,5-7,11,16H2,1H3. The summed E-state index contributed by atoms with van der Waals surface area (Å²) in [5.41, 5.74) is 6.62. The van der Waals surface area contributed by atoms with Crippen LogP contribution in [0.5, 0.6) is 0 Å². The number of hydrogen-bond donors (Lipinski definition) is 1. The van der Waals surface area contributed by atoms with Crippen molar-refractivity contribution in [3.8, 4) is 11.8 Å². The molecule has 1 atom stereocenters. The summed E-state index contributed by atoms with van der Waals surface area (Å²) in [6.07, 6.45) is 4.10. The van der Waals surface area contributed by atoms with Gasteiger partial charge in [0.15, 0.2) is 0 Å². The van der Waals surface area contributed by atoms with E-state index in [-0.39, 0.29) is 11.9 Å². The summed E-state index contributed by atoms with van der Waals surface area (Å²) in [5, 5.41) is 0. The molecule has 5 heteroatoms. The van der Waals surface area contributed by atoms with E-state index in [4.69, 9.17) is 10.5 Å². The average Bonchev–Trinajstić information content (AvgIpc) is 2.52. The Morgan fingerprint density at radius 3 is 3.20 bits per heavy atom. The van der Waals surface area contributed by atoms with Crippen LogP contribution in [0.4, 0.5) is 0 Å². The predicted molar refractivity (Wildman–Crippen MR) is 76.1 cm³/mol. The van der Waals surface area contributed by atoms with E-state index in [0.29, 0.717) is 37.4 Å². The van der Waals surface area contributed by atoms with Gasteiger partial charge in [0.2, 0.25) is 0 Å². The molecule has 1 aliphatic rings. The van der Waals surface area contributed by atoms with Crippen molar-refractivity contribution >= 4 is 5.91 Å². The Morgan fingerprint density at radius 2 is 2.45 bits per heavy atom. The van der Waals surface area contributed by atoms with Crippen LogP contribution in [0.25, 0.3) is 0 Å². The Labute approximate surface area is 119 Å². The highest BCUT2D eigenvalue weighted by atomic mass is 16.5. The molecular formula is C15H19N3O2. The van der Waals surface area contributed by atoms with Gasteiger partial charge in [-0.1, -0.05) is 18.8 Å². The maximum Gasteiger partial charge on any atom is 0.255 e. The summed E-state index contributed by atoms with van der Waals surface area (Å²) in [5.74, 6) is 5.65. The Bertz CT molecular complexity index is 533. The first-order chi connectivity index (χ1) is 9.76. The minimum Gasteiger partial charge on any atom is -0.377 e. The van der Waals surface area contributed by atoms with E-state index < -0.39 is 0 Å². The Morgan fingerprint density at radius 1 is 1.60 bits per heavy atom. The van der Waals surface area contributed by atoms with Gasteiger partial charge in [-0.2, -0.15) is 0 Å². The number of morpholine rings is 1. The minimum atomic E-state index is -0.0101. The third-order valence-electron chi connectivity index (χ3n) is 3.28. The van der Waals surface area contributed by atoms with Gasteiger partial charge in [-0.15, -0.1) is 0 Å². The topological polar surface area (TPSA) is 68.5 Å². The van der Waals surface area contributed by atoms with E-state index in [1.807, 2.05) is 4.90 Å². The normalized spacial score (nSPS) is 18.3. The van der Waals surface area contributed by atoms with E-state index in [0.717, 1.165) is 6.42 Å². The highest BCUT2D eigenvalue weighted by molar-refractivity contribution is 5.94. The molecule has 2 rings (SSSR count). The van der Waals surface area contributed by atoms with Crippen molar-refractivity contribution in [3.05, 3.63) is 29.6 Å². The fourth-order valence-corrected chi connectivity index (χ4v) is 2.20. The highest BCUT2D eigenvalue weighted by Crippen LogP contribution is 2.15. The first-order valence-corrected chi connectivity index (χ1v) is 6.79. The summed E-state index contributed by atoms with van der Waals surface area (Å²) in [6.45, 7) is 4.15. The molecule has 20 heavy (non-hydrogen) atoms. The molecule has 0 bridgehead atoms. The van der Waals surface area contributed by atoms with Gasteiger partial charge in [-0.3, -0.25) is 9.78 Å². The van der Waals surface area contributed by atoms with E-state index in [1.165, 1.54) is 0 Å². The molecule has 0 radical (unpaired) electrons. The molecule has 0 spiro atoms. The number of ether oxygens (including phenoxy) is 1. The lowest BCUT2D eigenvalue weighted by molar-refractivity contribution is -0.00282. The zero-order valence-corrected chi connectivity index (χ0v) is 11.6. The molecule has 0 saturated carbocycles. The van der Waals surface area contributed by atoms with Crippen LogP contribution in [0, 0.1) is 11.8 Å². The third-order valence-corrected chi connectivity index (χ3v) is 3.28.